The standard InChI is InChI=1S/C12H17NO5S2/c1-4-20(17,18)13-11-7-5-10(6-8-11)12(14)9(2)19(3,15)16/h5-9,13H,4H2,1-3H3. The highest BCUT2D eigenvalue weighted by molar-refractivity contribution is 7.92. The fraction of sp³-hybridized carbons (Fsp3) is 0.417. The van der Waals surface area contributed by atoms with Crippen LogP contribution >= 0.6 is 0 Å². The van der Waals surface area contributed by atoms with Crippen LogP contribution < -0.4 is 4.72 Å². The average molecular weight is 319 g/mol. The van der Waals surface area contributed by atoms with E-state index in [0.717, 1.165) is 6.26 Å². The third-order valence-corrected chi connectivity index (χ3v) is 5.64. The number of Topliss-reactive ketones (excluding diaryl/α,β-unsaturated/α-hetero) is 1. The largest absolute Gasteiger partial charge is 0.293 e. The summed E-state index contributed by atoms with van der Waals surface area (Å²) in [7, 11) is -6.83. The van der Waals surface area contributed by atoms with Gasteiger partial charge in [0.2, 0.25) is 10.0 Å². The molecule has 6 nitrogen and oxygen atoms in total. The summed E-state index contributed by atoms with van der Waals surface area (Å²) in [6.45, 7) is 2.83. The van der Waals surface area contributed by atoms with E-state index in [1.807, 2.05) is 0 Å². The second kappa shape index (κ2) is 5.92. The number of ketones is 1. The molecule has 20 heavy (non-hydrogen) atoms. The van der Waals surface area contributed by atoms with Gasteiger partial charge in [-0.1, -0.05) is 0 Å². The van der Waals surface area contributed by atoms with E-state index in [1.165, 1.54) is 38.1 Å². The molecule has 1 rings (SSSR count). The van der Waals surface area contributed by atoms with Crippen LogP contribution in [0.2, 0.25) is 0 Å². The Balaban J connectivity index is 2.95. The van der Waals surface area contributed by atoms with Crippen LogP contribution in [0.3, 0.4) is 0 Å². The van der Waals surface area contributed by atoms with Crippen LogP contribution in [-0.4, -0.2) is 39.9 Å². The van der Waals surface area contributed by atoms with Crippen LogP contribution in [-0.2, 0) is 19.9 Å². The molecule has 1 aromatic rings. The van der Waals surface area contributed by atoms with E-state index in [2.05, 4.69) is 4.72 Å². The van der Waals surface area contributed by atoms with Crippen molar-refractivity contribution in [2.45, 2.75) is 19.1 Å². The van der Waals surface area contributed by atoms with Crippen molar-refractivity contribution in [3.05, 3.63) is 29.8 Å². The summed E-state index contributed by atoms with van der Waals surface area (Å²) in [4.78, 5) is 11.9. The number of sulfonamides is 1. The first-order valence-electron chi connectivity index (χ1n) is 5.90. The van der Waals surface area contributed by atoms with Crippen LogP contribution in [0.4, 0.5) is 5.69 Å². The molecule has 0 aromatic heterocycles. The number of hydrogen-bond acceptors (Lipinski definition) is 5. The quantitative estimate of drug-likeness (QED) is 0.791. The van der Waals surface area contributed by atoms with Crippen molar-refractivity contribution in [3.8, 4) is 0 Å². The van der Waals surface area contributed by atoms with E-state index in [9.17, 15) is 21.6 Å². The minimum absolute atomic E-state index is 0.0568. The lowest BCUT2D eigenvalue weighted by Gasteiger charge is -2.10. The van der Waals surface area contributed by atoms with Crippen LogP contribution in [0.1, 0.15) is 24.2 Å². The number of nitrogens with one attached hydrogen (secondary N) is 1. The Bertz CT molecular complexity index is 690. The van der Waals surface area contributed by atoms with Crippen molar-refractivity contribution >= 4 is 31.3 Å². The van der Waals surface area contributed by atoms with Crippen molar-refractivity contribution in [3.63, 3.8) is 0 Å². The van der Waals surface area contributed by atoms with Gasteiger partial charge in [0, 0.05) is 17.5 Å². The lowest BCUT2D eigenvalue weighted by Crippen LogP contribution is -2.26. The summed E-state index contributed by atoms with van der Waals surface area (Å²) in [6.07, 6.45) is 0.999. The molecule has 1 N–H and O–H groups in total. The zero-order chi connectivity index (χ0) is 15.6. The van der Waals surface area contributed by atoms with Crippen LogP contribution in [0.15, 0.2) is 24.3 Å². The molecule has 8 heteroatoms. The molecular formula is C12H17NO5S2. The number of sulfone groups is 1. The van der Waals surface area contributed by atoms with Gasteiger partial charge in [-0.2, -0.15) is 0 Å². The maximum Gasteiger partial charge on any atom is 0.232 e. The van der Waals surface area contributed by atoms with Crippen LogP contribution in [0.25, 0.3) is 0 Å². The Hall–Kier alpha value is -1.41. The van der Waals surface area contributed by atoms with Gasteiger partial charge in [-0.3, -0.25) is 9.52 Å². The monoisotopic (exact) mass is 319 g/mol. The van der Waals surface area contributed by atoms with E-state index in [-0.39, 0.29) is 11.3 Å². The summed E-state index contributed by atoms with van der Waals surface area (Å²) in [5.74, 6) is -0.573. The van der Waals surface area contributed by atoms with E-state index in [1.54, 1.807) is 0 Å². The normalized spacial score (nSPS) is 13.8. The summed E-state index contributed by atoms with van der Waals surface area (Å²) in [5.41, 5.74) is 0.554. The first-order chi connectivity index (χ1) is 9.07. The SMILES string of the molecule is CCS(=O)(=O)Nc1ccc(C(=O)C(C)S(C)(=O)=O)cc1. The lowest BCUT2D eigenvalue weighted by atomic mass is 10.1. The fourth-order valence-electron chi connectivity index (χ4n) is 1.38. The minimum atomic E-state index is -3.45. The maximum atomic E-state index is 11.9. The molecule has 0 aliphatic carbocycles. The average Bonchev–Trinajstić information content (AvgIpc) is 2.36. The van der Waals surface area contributed by atoms with E-state index in [4.69, 9.17) is 0 Å². The van der Waals surface area contributed by atoms with Gasteiger partial charge in [-0.25, -0.2) is 16.8 Å². The molecule has 1 atom stereocenters. The molecule has 0 radical (unpaired) electrons. The molecule has 0 saturated carbocycles. The van der Waals surface area contributed by atoms with Crippen molar-refractivity contribution < 1.29 is 21.6 Å². The van der Waals surface area contributed by atoms with Crippen molar-refractivity contribution in [1.82, 2.24) is 0 Å². The third-order valence-electron chi connectivity index (χ3n) is 2.83. The number of rotatable bonds is 6. The van der Waals surface area contributed by atoms with Gasteiger partial charge >= 0.3 is 0 Å². The van der Waals surface area contributed by atoms with E-state index < -0.39 is 30.9 Å². The van der Waals surface area contributed by atoms with Crippen LogP contribution in [0.5, 0.6) is 0 Å². The molecule has 0 aliphatic heterocycles. The number of anilines is 1. The summed E-state index contributed by atoms with van der Waals surface area (Å²) in [5, 5.41) is -1.12. The molecule has 0 spiro atoms. The fourth-order valence-corrected chi connectivity index (χ4v) is 2.55. The number of benzene rings is 1. The first kappa shape index (κ1) is 16.6. The maximum absolute atomic E-state index is 11.9. The first-order valence-corrected chi connectivity index (χ1v) is 9.51. The van der Waals surface area contributed by atoms with Gasteiger partial charge in [-0.15, -0.1) is 0 Å². The third kappa shape index (κ3) is 4.31. The Morgan fingerprint density at radius 1 is 1.15 bits per heavy atom. The number of carbonyl (C=O) groups is 1. The molecule has 0 aliphatic rings. The number of hydrogen-bond donors (Lipinski definition) is 1. The molecule has 0 fully saturated rings. The predicted molar refractivity (Wildman–Crippen MR) is 78.2 cm³/mol. The molecule has 112 valence electrons. The molecule has 0 bridgehead atoms. The molecular weight excluding hydrogens is 302 g/mol. The van der Waals surface area contributed by atoms with Gasteiger partial charge in [0.25, 0.3) is 0 Å². The van der Waals surface area contributed by atoms with E-state index >= 15 is 0 Å². The highest BCUT2D eigenvalue weighted by Crippen LogP contribution is 2.15. The summed E-state index contributed by atoms with van der Waals surface area (Å²) in [6, 6.07) is 5.65. The second-order valence-corrected chi connectivity index (χ2v) is 8.80. The molecule has 0 saturated heterocycles. The lowest BCUT2D eigenvalue weighted by molar-refractivity contribution is 0.0991. The topological polar surface area (TPSA) is 97.4 Å². The minimum Gasteiger partial charge on any atom is -0.293 e. The highest BCUT2D eigenvalue weighted by Gasteiger charge is 2.24. The van der Waals surface area contributed by atoms with Crippen molar-refractivity contribution in [2.75, 3.05) is 16.7 Å². The molecule has 0 amide bonds. The van der Waals surface area contributed by atoms with Crippen molar-refractivity contribution in [1.29, 1.82) is 0 Å². The summed E-state index contributed by atoms with van der Waals surface area (Å²) < 4.78 is 47.7. The summed E-state index contributed by atoms with van der Waals surface area (Å²) >= 11 is 0. The predicted octanol–water partition coefficient (Wildman–Crippen LogP) is 1.06. The van der Waals surface area contributed by atoms with Gasteiger partial charge in [0.15, 0.2) is 15.6 Å². The van der Waals surface area contributed by atoms with Gasteiger partial charge in [0.1, 0.15) is 5.25 Å². The number of carbonyl (C=O) groups excluding carboxylic acids is 1. The van der Waals surface area contributed by atoms with Crippen LogP contribution in [0, 0.1) is 0 Å². The Kier molecular flexibility index (Phi) is 4.93. The zero-order valence-electron chi connectivity index (χ0n) is 11.5. The zero-order valence-corrected chi connectivity index (χ0v) is 13.1. The Morgan fingerprint density at radius 3 is 2.05 bits per heavy atom. The Labute approximate surface area is 119 Å². The smallest absolute Gasteiger partial charge is 0.232 e. The van der Waals surface area contributed by atoms with Gasteiger partial charge in [-0.05, 0) is 38.1 Å². The molecule has 1 aromatic carbocycles. The second-order valence-electron chi connectivity index (χ2n) is 4.42. The highest BCUT2D eigenvalue weighted by atomic mass is 32.2. The molecule has 1 unspecified atom stereocenters. The Morgan fingerprint density at radius 2 is 1.65 bits per heavy atom. The molecule has 0 heterocycles. The van der Waals surface area contributed by atoms with Gasteiger partial charge in [0.05, 0.1) is 5.75 Å². The van der Waals surface area contributed by atoms with Gasteiger partial charge < -0.3 is 0 Å². The van der Waals surface area contributed by atoms with Crippen molar-refractivity contribution in [2.24, 2.45) is 0 Å². The van der Waals surface area contributed by atoms with E-state index in [0.29, 0.717) is 5.69 Å².